The molecule has 4 rings (SSSR count). The standard InChI is InChI=1S/C18H21ClF3N3/c19-16-9-15(18(20,21)22)10-23-17(16)25-5-3-24(4-6-25)11-14-8-12-1-2-13(14)7-12/h1-2,9-10,12-14H,3-8,11H2. The van der Waals surface area contributed by atoms with Crippen LogP contribution in [0.3, 0.4) is 0 Å². The van der Waals surface area contributed by atoms with E-state index < -0.39 is 11.7 Å². The number of hydrogen-bond donors (Lipinski definition) is 0. The first-order valence-corrected chi connectivity index (χ1v) is 9.16. The molecule has 1 aromatic rings. The molecule has 1 aromatic heterocycles. The van der Waals surface area contributed by atoms with Crippen molar-refractivity contribution in [1.29, 1.82) is 0 Å². The Labute approximate surface area is 150 Å². The molecule has 0 aromatic carbocycles. The molecule has 2 fully saturated rings. The lowest BCUT2D eigenvalue weighted by molar-refractivity contribution is -0.137. The van der Waals surface area contributed by atoms with E-state index in [1.165, 1.54) is 12.8 Å². The molecule has 2 aliphatic carbocycles. The number of allylic oxidation sites excluding steroid dienone is 2. The first-order valence-electron chi connectivity index (χ1n) is 8.78. The number of piperazine rings is 1. The summed E-state index contributed by atoms with van der Waals surface area (Å²) in [6.07, 6.45) is 3.81. The van der Waals surface area contributed by atoms with Crippen molar-refractivity contribution in [2.24, 2.45) is 17.8 Å². The molecule has 0 radical (unpaired) electrons. The van der Waals surface area contributed by atoms with E-state index in [2.05, 4.69) is 22.0 Å². The van der Waals surface area contributed by atoms with Gasteiger partial charge in [-0.25, -0.2) is 4.98 Å². The monoisotopic (exact) mass is 371 g/mol. The fourth-order valence-corrected chi connectivity index (χ4v) is 4.68. The Hall–Kier alpha value is -1.27. The Kier molecular flexibility index (Phi) is 4.44. The Morgan fingerprint density at radius 3 is 2.44 bits per heavy atom. The van der Waals surface area contributed by atoms with Crippen LogP contribution in [0.25, 0.3) is 0 Å². The molecular weight excluding hydrogens is 351 g/mol. The molecule has 7 heteroatoms. The van der Waals surface area contributed by atoms with Gasteiger partial charge in [-0.05, 0) is 36.7 Å². The van der Waals surface area contributed by atoms with Gasteiger partial charge in [0.05, 0.1) is 10.6 Å². The lowest BCUT2D eigenvalue weighted by Gasteiger charge is -2.37. The summed E-state index contributed by atoms with van der Waals surface area (Å²) in [4.78, 5) is 8.43. The number of nitrogens with zero attached hydrogens (tertiary/aromatic N) is 3. The van der Waals surface area contributed by atoms with Crippen LogP contribution in [0.15, 0.2) is 24.4 Å². The van der Waals surface area contributed by atoms with Crippen molar-refractivity contribution in [3.8, 4) is 0 Å². The predicted octanol–water partition coefficient (Wildman–Crippen LogP) is 4.09. The Morgan fingerprint density at radius 1 is 1.12 bits per heavy atom. The minimum Gasteiger partial charge on any atom is -0.353 e. The zero-order chi connectivity index (χ0) is 17.6. The van der Waals surface area contributed by atoms with Crippen molar-refractivity contribution in [2.45, 2.75) is 19.0 Å². The van der Waals surface area contributed by atoms with Gasteiger partial charge in [0.25, 0.3) is 0 Å². The van der Waals surface area contributed by atoms with Gasteiger partial charge in [0.1, 0.15) is 5.82 Å². The fraction of sp³-hybridized carbons (Fsp3) is 0.611. The van der Waals surface area contributed by atoms with Crippen molar-refractivity contribution in [1.82, 2.24) is 9.88 Å². The Bertz CT molecular complexity index is 668. The van der Waals surface area contributed by atoms with E-state index in [1.54, 1.807) is 0 Å². The number of alkyl halides is 3. The molecule has 1 aliphatic heterocycles. The van der Waals surface area contributed by atoms with Crippen molar-refractivity contribution in [2.75, 3.05) is 37.6 Å². The lowest BCUT2D eigenvalue weighted by Crippen LogP contribution is -2.48. The van der Waals surface area contributed by atoms with Gasteiger partial charge < -0.3 is 4.90 Å². The molecular formula is C18H21ClF3N3. The molecule has 0 N–H and O–H groups in total. The first-order chi connectivity index (χ1) is 11.9. The summed E-state index contributed by atoms with van der Waals surface area (Å²) in [5.41, 5.74) is -0.802. The van der Waals surface area contributed by atoms with Gasteiger partial charge in [-0.15, -0.1) is 0 Å². The molecule has 3 atom stereocenters. The second-order valence-corrected chi connectivity index (χ2v) is 7.76. The van der Waals surface area contributed by atoms with Crippen LogP contribution in [0.1, 0.15) is 18.4 Å². The van der Waals surface area contributed by atoms with Gasteiger partial charge in [0.2, 0.25) is 0 Å². The van der Waals surface area contributed by atoms with E-state index in [-0.39, 0.29) is 5.02 Å². The smallest absolute Gasteiger partial charge is 0.353 e. The third kappa shape index (κ3) is 3.51. The molecule has 3 unspecified atom stereocenters. The molecule has 25 heavy (non-hydrogen) atoms. The summed E-state index contributed by atoms with van der Waals surface area (Å²) in [5, 5.41) is 0.0708. The van der Waals surface area contributed by atoms with E-state index in [4.69, 9.17) is 11.6 Å². The normalized spacial score (nSPS) is 29.6. The molecule has 0 amide bonds. The van der Waals surface area contributed by atoms with E-state index in [9.17, 15) is 13.2 Å². The number of anilines is 1. The van der Waals surface area contributed by atoms with Crippen LogP contribution in [0.2, 0.25) is 5.02 Å². The van der Waals surface area contributed by atoms with Crippen LogP contribution in [0, 0.1) is 17.8 Å². The van der Waals surface area contributed by atoms with E-state index >= 15 is 0 Å². The molecule has 3 aliphatic rings. The molecule has 136 valence electrons. The highest BCUT2D eigenvalue weighted by Crippen LogP contribution is 2.43. The maximum atomic E-state index is 12.7. The maximum absolute atomic E-state index is 12.7. The third-order valence-electron chi connectivity index (χ3n) is 5.73. The predicted molar refractivity (Wildman–Crippen MR) is 91.7 cm³/mol. The van der Waals surface area contributed by atoms with Crippen LogP contribution >= 0.6 is 11.6 Å². The van der Waals surface area contributed by atoms with Crippen LogP contribution < -0.4 is 4.90 Å². The number of halogens is 4. The van der Waals surface area contributed by atoms with Crippen LogP contribution in [0.5, 0.6) is 0 Å². The summed E-state index contributed by atoms with van der Waals surface area (Å²) in [5.74, 6) is 2.74. The second kappa shape index (κ2) is 6.47. The lowest BCUT2D eigenvalue weighted by atomic mass is 9.93. The number of fused-ring (bicyclic) bond motifs is 2. The highest BCUT2D eigenvalue weighted by atomic mass is 35.5. The fourth-order valence-electron chi connectivity index (χ4n) is 4.40. The van der Waals surface area contributed by atoms with Crippen LogP contribution in [0.4, 0.5) is 19.0 Å². The summed E-state index contributed by atoms with van der Waals surface area (Å²) in [6.45, 7) is 4.41. The van der Waals surface area contributed by atoms with Crippen molar-refractivity contribution >= 4 is 17.4 Å². The van der Waals surface area contributed by atoms with Gasteiger partial charge in [-0.1, -0.05) is 23.8 Å². The Balaban J connectivity index is 1.35. The summed E-state index contributed by atoms with van der Waals surface area (Å²) < 4.78 is 38.2. The van der Waals surface area contributed by atoms with E-state index in [0.717, 1.165) is 62.7 Å². The highest BCUT2D eigenvalue weighted by molar-refractivity contribution is 6.33. The molecule has 2 bridgehead atoms. The zero-order valence-electron chi connectivity index (χ0n) is 13.8. The average Bonchev–Trinajstić information content (AvgIpc) is 3.18. The number of aromatic nitrogens is 1. The van der Waals surface area contributed by atoms with Crippen molar-refractivity contribution in [3.05, 3.63) is 35.0 Å². The Morgan fingerprint density at radius 2 is 1.88 bits per heavy atom. The quantitative estimate of drug-likeness (QED) is 0.746. The van der Waals surface area contributed by atoms with Crippen LogP contribution in [-0.4, -0.2) is 42.6 Å². The van der Waals surface area contributed by atoms with Crippen molar-refractivity contribution < 1.29 is 13.2 Å². The van der Waals surface area contributed by atoms with Gasteiger partial charge in [-0.3, -0.25) is 4.90 Å². The van der Waals surface area contributed by atoms with Gasteiger partial charge >= 0.3 is 6.18 Å². The van der Waals surface area contributed by atoms with E-state index in [0.29, 0.717) is 5.82 Å². The van der Waals surface area contributed by atoms with Gasteiger partial charge in [0, 0.05) is 38.9 Å². The third-order valence-corrected chi connectivity index (χ3v) is 6.01. The zero-order valence-corrected chi connectivity index (χ0v) is 14.6. The molecule has 1 saturated heterocycles. The number of pyridine rings is 1. The highest BCUT2D eigenvalue weighted by Gasteiger charge is 2.37. The van der Waals surface area contributed by atoms with E-state index in [1.807, 2.05) is 4.90 Å². The summed E-state index contributed by atoms with van der Waals surface area (Å²) in [6, 6.07) is 0.970. The van der Waals surface area contributed by atoms with Gasteiger partial charge in [-0.2, -0.15) is 13.2 Å². The molecule has 3 nitrogen and oxygen atoms in total. The molecule has 0 spiro atoms. The summed E-state index contributed by atoms with van der Waals surface area (Å²) in [7, 11) is 0. The number of hydrogen-bond acceptors (Lipinski definition) is 3. The molecule has 1 saturated carbocycles. The topological polar surface area (TPSA) is 19.4 Å². The van der Waals surface area contributed by atoms with Crippen molar-refractivity contribution in [3.63, 3.8) is 0 Å². The van der Waals surface area contributed by atoms with Crippen LogP contribution in [-0.2, 0) is 6.18 Å². The SMILES string of the molecule is FC(F)(F)c1cnc(N2CCN(CC3CC4C=CC3C4)CC2)c(Cl)c1. The minimum absolute atomic E-state index is 0.0708. The van der Waals surface area contributed by atoms with Gasteiger partial charge in [0.15, 0.2) is 0 Å². The largest absolute Gasteiger partial charge is 0.417 e. The first kappa shape index (κ1) is 17.2. The second-order valence-electron chi connectivity index (χ2n) is 7.36. The average molecular weight is 372 g/mol. The summed E-state index contributed by atoms with van der Waals surface area (Å²) >= 11 is 6.06. The minimum atomic E-state index is -4.41. The maximum Gasteiger partial charge on any atom is 0.417 e. The number of rotatable bonds is 3. The molecule has 2 heterocycles.